The molecule has 0 fully saturated rings. The highest BCUT2D eigenvalue weighted by Crippen LogP contribution is 2.29. The summed E-state index contributed by atoms with van der Waals surface area (Å²) in [6.45, 7) is 12.8. The van der Waals surface area contributed by atoms with Crippen LogP contribution in [0.5, 0.6) is 0 Å². The van der Waals surface area contributed by atoms with Crippen LogP contribution in [0.2, 0.25) is 0 Å². The predicted octanol–water partition coefficient (Wildman–Crippen LogP) is 6.34. The molecular formula is C29H33N5. The highest BCUT2D eigenvalue weighted by molar-refractivity contribution is 5.88. The lowest BCUT2D eigenvalue weighted by Crippen LogP contribution is -2.20. The molecule has 0 saturated heterocycles. The molecule has 1 aliphatic rings. The molecule has 0 unspecified atom stereocenters. The minimum Gasteiger partial charge on any atom is -0.316 e. The van der Waals surface area contributed by atoms with Gasteiger partial charge in [-0.2, -0.15) is 5.10 Å². The number of aromatic nitrogens is 4. The second-order valence-electron chi connectivity index (χ2n) is 9.13. The molecule has 0 spiro atoms. The summed E-state index contributed by atoms with van der Waals surface area (Å²) in [4.78, 5) is 9.38. The number of pyridine rings is 2. The molecule has 3 heterocycles. The molecule has 0 aliphatic heterocycles. The van der Waals surface area contributed by atoms with E-state index in [9.17, 15) is 0 Å². The summed E-state index contributed by atoms with van der Waals surface area (Å²) >= 11 is 0. The van der Waals surface area contributed by atoms with Crippen LogP contribution in [-0.2, 0) is 0 Å². The molecule has 4 rings (SSSR count). The fourth-order valence-electron chi connectivity index (χ4n) is 3.96. The van der Waals surface area contributed by atoms with E-state index in [0.29, 0.717) is 5.92 Å². The maximum atomic E-state index is 4.74. The molecule has 34 heavy (non-hydrogen) atoms. The minimum atomic E-state index is 0.676. The number of nitrogens with one attached hydrogen (secondary N) is 2. The second-order valence-corrected chi connectivity index (χ2v) is 9.13. The van der Waals surface area contributed by atoms with Crippen molar-refractivity contribution < 1.29 is 0 Å². The molecule has 0 bridgehead atoms. The van der Waals surface area contributed by atoms with Crippen molar-refractivity contribution in [2.75, 3.05) is 13.1 Å². The van der Waals surface area contributed by atoms with Gasteiger partial charge >= 0.3 is 0 Å². The van der Waals surface area contributed by atoms with Crippen LogP contribution >= 0.6 is 0 Å². The summed E-state index contributed by atoms with van der Waals surface area (Å²) < 4.78 is 0. The van der Waals surface area contributed by atoms with Crippen molar-refractivity contribution in [1.82, 2.24) is 25.5 Å². The number of aryl methyl sites for hydroxylation is 1. The first-order valence-corrected chi connectivity index (χ1v) is 11.9. The largest absolute Gasteiger partial charge is 0.316 e. The summed E-state index contributed by atoms with van der Waals surface area (Å²) in [6.07, 6.45) is 16.3. The molecule has 0 aromatic carbocycles. The lowest BCUT2D eigenvalue weighted by molar-refractivity contribution is 0.545. The molecule has 2 N–H and O–H groups in total. The average Bonchev–Trinajstić information content (AvgIpc) is 3.29. The molecule has 0 atom stereocenters. The highest BCUT2D eigenvalue weighted by atomic mass is 15.1. The van der Waals surface area contributed by atoms with Gasteiger partial charge in [-0.05, 0) is 79.8 Å². The van der Waals surface area contributed by atoms with Gasteiger partial charge in [0.2, 0.25) is 0 Å². The Kier molecular flexibility index (Phi) is 7.65. The molecule has 5 heteroatoms. The number of rotatable bonds is 9. The quantitative estimate of drug-likeness (QED) is 0.373. The van der Waals surface area contributed by atoms with E-state index in [0.717, 1.165) is 76.5 Å². The van der Waals surface area contributed by atoms with E-state index in [1.54, 1.807) is 0 Å². The SMILES string of the molecule is C=C(CCCNCC(C)C)c1cnc2c(c1)/C=C/C=C(c1c[nH]nc1-c1cccc(C)n1)/C=C\2. The van der Waals surface area contributed by atoms with E-state index >= 15 is 0 Å². The zero-order chi connectivity index (χ0) is 23.9. The molecule has 174 valence electrons. The molecule has 0 radical (unpaired) electrons. The number of fused-ring (bicyclic) bond motifs is 1. The third-order valence-electron chi connectivity index (χ3n) is 5.80. The average molecular weight is 452 g/mol. The van der Waals surface area contributed by atoms with E-state index < -0.39 is 0 Å². The van der Waals surface area contributed by atoms with Crippen LogP contribution in [0.4, 0.5) is 0 Å². The Bertz CT molecular complexity index is 1240. The smallest absolute Gasteiger partial charge is 0.118 e. The van der Waals surface area contributed by atoms with Gasteiger partial charge in [0.1, 0.15) is 5.69 Å². The van der Waals surface area contributed by atoms with Gasteiger partial charge in [0.25, 0.3) is 0 Å². The predicted molar refractivity (Wildman–Crippen MR) is 143 cm³/mol. The highest BCUT2D eigenvalue weighted by Gasteiger charge is 2.13. The number of aromatic amines is 1. The Hall–Kier alpha value is -3.57. The van der Waals surface area contributed by atoms with E-state index in [4.69, 9.17) is 4.98 Å². The first-order chi connectivity index (χ1) is 16.5. The summed E-state index contributed by atoms with van der Waals surface area (Å²) in [7, 11) is 0. The van der Waals surface area contributed by atoms with Gasteiger partial charge in [0, 0.05) is 29.2 Å². The zero-order valence-corrected chi connectivity index (χ0v) is 20.3. The molecule has 0 amide bonds. The van der Waals surface area contributed by atoms with Gasteiger partial charge in [-0.1, -0.05) is 50.8 Å². The summed E-state index contributed by atoms with van der Waals surface area (Å²) in [5.74, 6) is 0.676. The monoisotopic (exact) mass is 451 g/mol. The van der Waals surface area contributed by atoms with Gasteiger partial charge in [0.15, 0.2) is 0 Å². The Morgan fingerprint density at radius 2 is 2.06 bits per heavy atom. The lowest BCUT2D eigenvalue weighted by atomic mass is 9.98. The van der Waals surface area contributed by atoms with Gasteiger partial charge in [0.05, 0.1) is 11.4 Å². The minimum absolute atomic E-state index is 0.676. The van der Waals surface area contributed by atoms with E-state index in [2.05, 4.69) is 77.4 Å². The lowest BCUT2D eigenvalue weighted by Gasteiger charge is -2.11. The Morgan fingerprint density at radius 1 is 1.18 bits per heavy atom. The molecule has 3 aromatic heterocycles. The Labute approximate surface area is 202 Å². The molecular weight excluding hydrogens is 418 g/mol. The van der Waals surface area contributed by atoms with Crippen molar-refractivity contribution in [2.45, 2.75) is 33.6 Å². The van der Waals surface area contributed by atoms with Gasteiger partial charge in [-0.3, -0.25) is 15.1 Å². The van der Waals surface area contributed by atoms with Crippen LogP contribution < -0.4 is 5.32 Å². The van der Waals surface area contributed by atoms with Gasteiger partial charge in [-0.25, -0.2) is 0 Å². The molecule has 5 nitrogen and oxygen atoms in total. The third kappa shape index (κ3) is 5.86. The van der Waals surface area contributed by atoms with Crippen molar-refractivity contribution in [3.8, 4) is 11.4 Å². The molecule has 0 saturated carbocycles. The maximum absolute atomic E-state index is 4.74. The standard InChI is InChI=1S/C29H33N5/c1-20(2)17-30-15-7-8-21(3)25-16-24-11-6-10-23(13-14-27(24)31-18-25)26-19-32-34-29(26)28-12-5-9-22(4)33-28/h5-6,9-14,16,18-20,30H,3,7-8,15,17H2,1-2,4H3,(H,32,34)/b10-6?,11-6+,14-13-,23-10-,23-13?,24-11?,27-14?. The van der Waals surface area contributed by atoms with Crippen molar-refractivity contribution in [2.24, 2.45) is 5.92 Å². The zero-order valence-electron chi connectivity index (χ0n) is 20.3. The number of allylic oxidation sites excluding steroid dienone is 5. The van der Waals surface area contributed by atoms with Crippen LogP contribution in [0.3, 0.4) is 0 Å². The topological polar surface area (TPSA) is 66.5 Å². The number of hydrogen-bond acceptors (Lipinski definition) is 4. The van der Waals surface area contributed by atoms with Crippen molar-refractivity contribution >= 4 is 23.3 Å². The second kappa shape index (κ2) is 11.0. The number of nitrogens with zero attached hydrogens (tertiary/aromatic N) is 3. The van der Waals surface area contributed by atoms with Crippen molar-refractivity contribution in [1.29, 1.82) is 0 Å². The summed E-state index contributed by atoms with van der Waals surface area (Å²) in [5.41, 5.74) is 9.01. The van der Waals surface area contributed by atoms with E-state index in [-0.39, 0.29) is 0 Å². The van der Waals surface area contributed by atoms with E-state index in [1.165, 1.54) is 0 Å². The first kappa shape index (κ1) is 23.6. The maximum Gasteiger partial charge on any atom is 0.118 e. The summed E-state index contributed by atoms with van der Waals surface area (Å²) in [5, 5.41) is 11.0. The Morgan fingerprint density at radius 3 is 2.88 bits per heavy atom. The van der Waals surface area contributed by atoms with Crippen molar-refractivity contribution in [3.63, 3.8) is 0 Å². The first-order valence-electron chi connectivity index (χ1n) is 11.9. The van der Waals surface area contributed by atoms with Crippen LogP contribution in [-0.4, -0.2) is 33.3 Å². The van der Waals surface area contributed by atoms with Crippen LogP contribution in [0.25, 0.3) is 34.7 Å². The summed E-state index contributed by atoms with van der Waals surface area (Å²) in [6, 6.07) is 8.17. The van der Waals surface area contributed by atoms with Gasteiger partial charge < -0.3 is 5.32 Å². The molecule has 3 aromatic rings. The van der Waals surface area contributed by atoms with Crippen LogP contribution in [0, 0.1) is 12.8 Å². The van der Waals surface area contributed by atoms with Crippen LogP contribution in [0.15, 0.2) is 61.5 Å². The third-order valence-corrected chi connectivity index (χ3v) is 5.80. The normalized spacial score (nSPS) is 16.3. The fourth-order valence-corrected chi connectivity index (χ4v) is 3.96. The van der Waals surface area contributed by atoms with E-state index in [1.807, 2.05) is 37.5 Å². The number of H-pyrrole nitrogens is 1. The number of hydrogen-bond donors (Lipinski definition) is 2. The fraction of sp³-hybridized carbons (Fsp3) is 0.276. The molecule has 1 aliphatic carbocycles. The van der Waals surface area contributed by atoms with Gasteiger partial charge in [-0.15, -0.1) is 0 Å². The van der Waals surface area contributed by atoms with Crippen molar-refractivity contribution in [3.05, 3.63) is 89.5 Å². The Balaban J connectivity index is 1.48. The van der Waals surface area contributed by atoms with Crippen LogP contribution in [0.1, 0.15) is 54.8 Å².